The molecule has 3 rings (SSSR count). The number of aromatic nitrogens is 2. The number of aryl methyl sites for hydroxylation is 2. The fourth-order valence-corrected chi connectivity index (χ4v) is 3.12. The molecule has 3 nitrogen and oxygen atoms in total. The number of nitrogens with zero attached hydrogens (tertiary/aromatic N) is 2. The van der Waals surface area contributed by atoms with Gasteiger partial charge in [-0.25, -0.2) is 9.07 Å². The summed E-state index contributed by atoms with van der Waals surface area (Å²) >= 11 is 3.50. The van der Waals surface area contributed by atoms with Crippen molar-refractivity contribution in [1.82, 2.24) is 9.78 Å². The molecule has 124 valence electrons. The lowest BCUT2D eigenvalue weighted by molar-refractivity contribution is 0.218. The van der Waals surface area contributed by atoms with E-state index < -0.39 is 6.10 Å². The van der Waals surface area contributed by atoms with E-state index in [1.807, 2.05) is 43.7 Å². The summed E-state index contributed by atoms with van der Waals surface area (Å²) in [6.07, 6.45) is -0.837. The summed E-state index contributed by atoms with van der Waals surface area (Å²) in [6, 6.07) is 11.9. The number of aliphatic hydroxyl groups excluding tert-OH is 1. The Balaban J connectivity index is 2.05. The van der Waals surface area contributed by atoms with Gasteiger partial charge < -0.3 is 5.11 Å². The third kappa shape index (κ3) is 3.01. The fourth-order valence-electron chi connectivity index (χ4n) is 2.87. The van der Waals surface area contributed by atoms with Gasteiger partial charge in [0, 0.05) is 15.7 Å². The van der Waals surface area contributed by atoms with Crippen LogP contribution in [0.1, 0.15) is 34.2 Å². The molecular weight excluding hydrogens is 371 g/mol. The van der Waals surface area contributed by atoms with Crippen molar-refractivity contribution in [1.29, 1.82) is 0 Å². The van der Waals surface area contributed by atoms with Crippen molar-refractivity contribution in [3.05, 3.63) is 80.8 Å². The van der Waals surface area contributed by atoms with Crippen LogP contribution < -0.4 is 0 Å². The number of aliphatic hydroxyl groups is 1. The molecule has 1 N–H and O–H groups in total. The predicted molar refractivity (Wildman–Crippen MR) is 95.9 cm³/mol. The van der Waals surface area contributed by atoms with Gasteiger partial charge in [0.1, 0.15) is 11.9 Å². The molecular formula is C19H18BrFN2O. The first-order chi connectivity index (χ1) is 11.4. The second kappa shape index (κ2) is 6.49. The van der Waals surface area contributed by atoms with Gasteiger partial charge in [-0.1, -0.05) is 28.1 Å². The largest absolute Gasteiger partial charge is 0.384 e. The highest BCUT2D eigenvalue weighted by atomic mass is 79.9. The summed E-state index contributed by atoms with van der Waals surface area (Å²) in [5, 5.41) is 15.3. The molecule has 1 unspecified atom stereocenters. The summed E-state index contributed by atoms with van der Waals surface area (Å²) in [7, 11) is 0. The van der Waals surface area contributed by atoms with Crippen LogP contribution in [0, 0.1) is 26.6 Å². The average molecular weight is 389 g/mol. The molecule has 0 aliphatic rings. The Morgan fingerprint density at radius 2 is 1.75 bits per heavy atom. The van der Waals surface area contributed by atoms with Crippen LogP contribution in [-0.2, 0) is 0 Å². The maximum atomic E-state index is 13.1. The SMILES string of the molecule is Cc1cc(-n2nc(C)c(C(O)c3ccc(F)cc3)c2C)ccc1Br. The highest BCUT2D eigenvalue weighted by Crippen LogP contribution is 2.30. The lowest BCUT2D eigenvalue weighted by Crippen LogP contribution is -2.04. The van der Waals surface area contributed by atoms with E-state index in [0.29, 0.717) is 5.56 Å². The van der Waals surface area contributed by atoms with Gasteiger partial charge >= 0.3 is 0 Å². The number of hydrogen-bond donors (Lipinski definition) is 1. The molecule has 1 aromatic heterocycles. The van der Waals surface area contributed by atoms with Crippen molar-refractivity contribution in [2.45, 2.75) is 26.9 Å². The Labute approximate surface area is 148 Å². The van der Waals surface area contributed by atoms with E-state index in [2.05, 4.69) is 21.0 Å². The van der Waals surface area contributed by atoms with Crippen LogP contribution in [-0.4, -0.2) is 14.9 Å². The molecule has 24 heavy (non-hydrogen) atoms. The molecule has 2 aromatic carbocycles. The molecule has 0 aliphatic carbocycles. The molecule has 0 aliphatic heterocycles. The normalized spacial score (nSPS) is 12.4. The highest BCUT2D eigenvalue weighted by molar-refractivity contribution is 9.10. The Hall–Kier alpha value is -1.98. The molecule has 1 heterocycles. The number of hydrogen-bond acceptors (Lipinski definition) is 2. The molecule has 0 radical (unpaired) electrons. The maximum Gasteiger partial charge on any atom is 0.123 e. The van der Waals surface area contributed by atoms with Gasteiger partial charge in [-0.15, -0.1) is 0 Å². The van der Waals surface area contributed by atoms with Gasteiger partial charge in [0.05, 0.1) is 11.4 Å². The second-order valence-electron chi connectivity index (χ2n) is 5.88. The van der Waals surface area contributed by atoms with Crippen LogP contribution >= 0.6 is 15.9 Å². The van der Waals surface area contributed by atoms with Crippen LogP contribution in [0.25, 0.3) is 5.69 Å². The lowest BCUT2D eigenvalue weighted by Gasteiger charge is -2.13. The fraction of sp³-hybridized carbons (Fsp3) is 0.211. The first-order valence-electron chi connectivity index (χ1n) is 7.64. The van der Waals surface area contributed by atoms with Crippen molar-refractivity contribution >= 4 is 15.9 Å². The van der Waals surface area contributed by atoms with E-state index in [4.69, 9.17) is 0 Å². The van der Waals surface area contributed by atoms with Gasteiger partial charge in [0.25, 0.3) is 0 Å². The van der Waals surface area contributed by atoms with Gasteiger partial charge in [-0.3, -0.25) is 0 Å². The Morgan fingerprint density at radius 1 is 1.08 bits per heavy atom. The molecule has 0 saturated carbocycles. The van der Waals surface area contributed by atoms with E-state index in [1.165, 1.54) is 12.1 Å². The summed E-state index contributed by atoms with van der Waals surface area (Å²) in [5.41, 5.74) is 5.07. The predicted octanol–water partition coefficient (Wildman–Crippen LogP) is 4.78. The van der Waals surface area contributed by atoms with Crippen LogP contribution in [0.5, 0.6) is 0 Å². The van der Waals surface area contributed by atoms with E-state index in [1.54, 1.807) is 12.1 Å². The minimum atomic E-state index is -0.837. The minimum absolute atomic E-state index is 0.319. The average Bonchev–Trinajstić information content (AvgIpc) is 2.85. The van der Waals surface area contributed by atoms with Crippen LogP contribution in [0.15, 0.2) is 46.9 Å². The highest BCUT2D eigenvalue weighted by Gasteiger charge is 2.21. The zero-order chi connectivity index (χ0) is 17.4. The smallest absolute Gasteiger partial charge is 0.123 e. The van der Waals surface area contributed by atoms with Crippen molar-refractivity contribution < 1.29 is 9.50 Å². The van der Waals surface area contributed by atoms with Crippen molar-refractivity contribution in [2.75, 3.05) is 0 Å². The molecule has 0 bridgehead atoms. The minimum Gasteiger partial charge on any atom is -0.384 e. The quantitative estimate of drug-likeness (QED) is 0.700. The zero-order valence-electron chi connectivity index (χ0n) is 13.7. The number of rotatable bonds is 3. The van der Waals surface area contributed by atoms with Crippen molar-refractivity contribution in [3.63, 3.8) is 0 Å². The van der Waals surface area contributed by atoms with E-state index in [9.17, 15) is 9.50 Å². The summed E-state index contributed by atoms with van der Waals surface area (Å²) in [5.74, 6) is -0.319. The van der Waals surface area contributed by atoms with Crippen LogP contribution in [0.3, 0.4) is 0 Å². The first-order valence-corrected chi connectivity index (χ1v) is 8.44. The monoisotopic (exact) mass is 388 g/mol. The van der Waals surface area contributed by atoms with Gasteiger partial charge in [0.2, 0.25) is 0 Å². The standard InChI is InChI=1S/C19H18BrFN2O/c1-11-10-16(8-9-17(11)20)23-13(3)18(12(2)22-23)19(24)14-4-6-15(21)7-5-14/h4-10,19,24H,1-3H3. The Bertz CT molecular complexity index is 887. The number of benzene rings is 2. The molecule has 1 atom stereocenters. The lowest BCUT2D eigenvalue weighted by atomic mass is 10.00. The van der Waals surface area contributed by atoms with E-state index in [0.717, 1.165) is 32.7 Å². The van der Waals surface area contributed by atoms with Crippen LogP contribution in [0.4, 0.5) is 4.39 Å². The van der Waals surface area contributed by atoms with Gasteiger partial charge in [-0.2, -0.15) is 5.10 Å². The molecule has 3 aromatic rings. The first kappa shape index (κ1) is 16.9. The van der Waals surface area contributed by atoms with Gasteiger partial charge in [-0.05, 0) is 62.2 Å². The van der Waals surface area contributed by atoms with Crippen LogP contribution in [0.2, 0.25) is 0 Å². The number of halogens is 2. The van der Waals surface area contributed by atoms with E-state index >= 15 is 0 Å². The summed E-state index contributed by atoms with van der Waals surface area (Å²) < 4.78 is 16.0. The molecule has 0 fully saturated rings. The van der Waals surface area contributed by atoms with Crippen molar-refractivity contribution in [3.8, 4) is 5.69 Å². The van der Waals surface area contributed by atoms with Gasteiger partial charge in [0.15, 0.2) is 0 Å². The summed E-state index contributed by atoms with van der Waals surface area (Å²) in [6.45, 7) is 5.82. The molecule has 0 spiro atoms. The zero-order valence-corrected chi connectivity index (χ0v) is 15.3. The van der Waals surface area contributed by atoms with E-state index in [-0.39, 0.29) is 5.82 Å². The maximum absolute atomic E-state index is 13.1. The third-order valence-corrected chi connectivity index (χ3v) is 5.08. The third-order valence-electron chi connectivity index (χ3n) is 4.19. The second-order valence-corrected chi connectivity index (χ2v) is 6.74. The molecule has 0 amide bonds. The molecule has 0 saturated heterocycles. The Kier molecular flexibility index (Phi) is 4.56. The van der Waals surface area contributed by atoms with Crippen molar-refractivity contribution in [2.24, 2.45) is 0 Å². The summed E-state index contributed by atoms with van der Waals surface area (Å²) in [4.78, 5) is 0. The topological polar surface area (TPSA) is 38.0 Å². The Morgan fingerprint density at radius 3 is 2.38 bits per heavy atom. The molecule has 5 heteroatoms.